The fraction of sp³-hybridized carbons (Fsp3) is 0.533. The van der Waals surface area contributed by atoms with Crippen LogP contribution in [0.25, 0.3) is 0 Å². The van der Waals surface area contributed by atoms with E-state index in [4.69, 9.17) is 18.9 Å². The second-order valence-electron chi connectivity index (χ2n) is 4.75. The van der Waals surface area contributed by atoms with Crippen LogP contribution in [-0.4, -0.2) is 52.1 Å². The topological polar surface area (TPSA) is 66.0 Å². The van der Waals surface area contributed by atoms with Gasteiger partial charge in [-0.05, 0) is 18.6 Å². The molecule has 1 N–H and O–H groups in total. The van der Waals surface area contributed by atoms with E-state index < -0.39 is 0 Å². The van der Waals surface area contributed by atoms with Gasteiger partial charge in [-0.25, -0.2) is 0 Å². The number of carbonyl (C=O) groups is 1. The number of nitrogens with one attached hydrogen (secondary N) is 1. The Labute approximate surface area is 124 Å². The lowest BCUT2D eigenvalue weighted by Crippen LogP contribution is -2.50. The van der Waals surface area contributed by atoms with Crippen molar-refractivity contribution >= 4 is 5.91 Å². The predicted molar refractivity (Wildman–Crippen MR) is 76.7 cm³/mol. The summed E-state index contributed by atoms with van der Waals surface area (Å²) >= 11 is 0. The second-order valence-corrected chi connectivity index (χ2v) is 4.75. The summed E-state index contributed by atoms with van der Waals surface area (Å²) in [7, 11) is 3.18. The van der Waals surface area contributed by atoms with E-state index in [9.17, 15) is 4.79 Å². The molecular weight excluding hydrogens is 274 g/mol. The summed E-state index contributed by atoms with van der Waals surface area (Å²) in [5.74, 6) is 0.964. The highest BCUT2D eigenvalue weighted by Gasteiger charge is 2.27. The Morgan fingerprint density at radius 3 is 2.81 bits per heavy atom. The molecule has 116 valence electrons. The third kappa shape index (κ3) is 4.34. The molecule has 1 saturated heterocycles. The number of hydrogen-bond acceptors (Lipinski definition) is 5. The highest BCUT2D eigenvalue weighted by Crippen LogP contribution is 2.25. The van der Waals surface area contributed by atoms with Crippen LogP contribution < -0.4 is 14.8 Å². The van der Waals surface area contributed by atoms with Gasteiger partial charge in [0.05, 0.1) is 19.8 Å². The van der Waals surface area contributed by atoms with E-state index in [0.29, 0.717) is 24.7 Å². The molecule has 0 saturated carbocycles. The van der Waals surface area contributed by atoms with Crippen LogP contribution in [0.4, 0.5) is 0 Å². The molecule has 0 radical (unpaired) electrons. The van der Waals surface area contributed by atoms with Crippen LogP contribution in [0.5, 0.6) is 11.5 Å². The Balaban J connectivity index is 1.84. The number of amides is 1. The van der Waals surface area contributed by atoms with Crippen molar-refractivity contribution in [3.63, 3.8) is 0 Å². The minimum Gasteiger partial charge on any atom is -0.493 e. The van der Waals surface area contributed by atoms with Crippen molar-refractivity contribution in [1.82, 2.24) is 5.32 Å². The molecule has 6 heteroatoms. The highest BCUT2D eigenvalue weighted by atomic mass is 16.5. The summed E-state index contributed by atoms with van der Waals surface area (Å²) in [6, 6.07) is 7.18. The zero-order valence-electron chi connectivity index (χ0n) is 12.3. The van der Waals surface area contributed by atoms with Crippen LogP contribution in [0.1, 0.15) is 6.42 Å². The molecule has 0 aliphatic carbocycles. The number of ether oxygens (including phenoxy) is 4. The van der Waals surface area contributed by atoms with E-state index >= 15 is 0 Å². The van der Waals surface area contributed by atoms with Crippen LogP contribution >= 0.6 is 0 Å². The van der Waals surface area contributed by atoms with Gasteiger partial charge in [-0.1, -0.05) is 12.1 Å². The van der Waals surface area contributed by atoms with E-state index in [1.54, 1.807) is 26.4 Å². The molecule has 0 aromatic heterocycles. The molecule has 0 bridgehead atoms. The maximum atomic E-state index is 12.0. The van der Waals surface area contributed by atoms with Crippen LogP contribution in [0.15, 0.2) is 24.3 Å². The summed E-state index contributed by atoms with van der Waals surface area (Å²) in [5, 5.41) is 2.92. The lowest BCUT2D eigenvalue weighted by molar-refractivity contribution is -0.127. The largest absolute Gasteiger partial charge is 0.493 e. The summed E-state index contributed by atoms with van der Waals surface area (Å²) in [5.41, 5.74) is 0. The van der Waals surface area contributed by atoms with Crippen molar-refractivity contribution in [3.8, 4) is 11.5 Å². The fourth-order valence-corrected chi connectivity index (χ4v) is 2.24. The fourth-order valence-electron chi connectivity index (χ4n) is 2.24. The maximum Gasteiger partial charge on any atom is 0.258 e. The molecule has 2 atom stereocenters. The Kier molecular flexibility index (Phi) is 5.83. The zero-order valence-corrected chi connectivity index (χ0v) is 12.3. The molecule has 6 nitrogen and oxygen atoms in total. The van der Waals surface area contributed by atoms with Gasteiger partial charge < -0.3 is 24.3 Å². The summed E-state index contributed by atoms with van der Waals surface area (Å²) < 4.78 is 21.3. The number of hydrogen-bond donors (Lipinski definition) is 1. The molecule has 1 aromatic carbocycles. The number of carbonyl (C=O) groups excluding carboxylic acids is 1. The molecule has 1 aliphatic heterocycles. The van der Waals surface area contributed by atoms with Crippen molar-refractivity contribution in [2.45, 2.75) is 18.6 Å². The van der Waals surface area contributed by atoms with Gasteiger partial charge in [0.1, 0.15) is 6.10 Å². The first kappa shape index (κ1) is 15.6. The number of methoxy groups -OCH3 is 2. The number of para-hydroxylation sites is 2. The van der Waals surface area contributed by atoms with E-state index in [0.717, 1.165) is 6.42 Å². The molecule has 1 aliphatic rings. The Morgan fingerprint density at radius 1 is 1.33 bits per heavy atom. The number of benzene rings is 1. The van der Waals surface area contributed by atoms with Crippen molar-refractivity contribution < 1.29 is 23.7 Å². The SMILES string of the molecule is COc1ccccc1OCC(=O)N[C@@H]1CCOC[C@H]1OC. The average molecular weight is 295 g/mol. The van der Waals surface area contributed by atoms with Gasteiger partial charge in [-0.15, -0.1) is 0 Å². The van der Waals surface area contributed by atoms with Crippen LogP contribution in [0, 0.1) is 0 Å². The molecule has 1 heterocycles. The van der Waals surface area contributed by atoms with Crippen molar-refractivity contribution in [3.05, 3.63) is 24.3 Å². The van der Waals surface area contributed by atoms with Gasteiger partial charge in [0.15, 0.2) is 18.1 Å². The summed E-state index contributed by atoms with van der Waals surface area (Å²) in [6.45, 7) is 1.06. The molecule has 1 fully saturated rings. The van der Waals surface area contributed by atoms with E-state index in [-0.39, 0.29) is 24.7 Å². The van der Waals surface area contributed by atoms with E-state index in [1.165, 1.54) is 0 Å². The first-order valence-corrected chi connectivity index (χ1v) is 6.90. The van der Waals surface area contributed by atoms with Gasteiger partial charge >= 0.3 is 0 Å². The second kappa shape index (κ2) is 7.85. The molecule has 0 unspecified atom stereocenters. The van der Waals surface area contributed by atoms with Crippen molar-refractivity contribution in [2.24, 2.45) is 0 Å². The summed E-state index contributed by atoms with van der Waals surface area (Å²) in [4.78, 5) is 12.0. The predicted octanol–water partition coefficient (Wildman–Crippen LogP) is 0.994. The Hall–Kier alpha value is -1.79. The molecule has 21 heavy (non-hydrogen) atoms. The van der Waals surface area contributed by atoms with Gasteiger partial charge in [-0.3, -0.25) is 4.79 Å². The quantitative estimate of drug-likeness (QED) is 0.848. The minimum absolute atomic E-state index is 0.0440. The molecule has 0 spiro atoms. The molecule has 2 rings (SSSR count). The third-order valence-electron chi connectivity index (χ3n) is 3.38. The van der Waals surface area contributed by atoms with E-state index in [2.05, 4.69) is 5.32 Å². The lowest BCUT2D eigenvalue weighted by Gasteiger charge is -2.30. The van der Waals surface area contributed by atoms with Crippen LogP contribution in [0.2, 0.25) is 0 Å². The summed E-state index contributed by atoms with van der Waals surface area (Å²) in [6.07, 6.45) is 0.618. The number of rotatable bonds is 6. The van der Waals surface area contributed by atoms with Gasteiger partial charge in [-0.2, -0.15) is 0 Å². The Morgan fingerprint density at radius 2 is 2.10 bits per heavy atom. The zero-order chi connectivity index (χ0) is 15.1. The van der Waals surface area contributed by atoms with Gasteiger partial charge in [0, 0.05) is 13.7 Å². The van der Waals surface area contributed by atoms with Crippen molar-refractivity contribution in [2.75, 3.05) is 34.0 Å². The Bertz CT molecular complexity index is 465. The van der Waals surface area contributed by atoms with E-state index in [1.807, 2.05) is 12.1 Å². The minimum atomic E-state index is -0.185. The highest BCUT2D eigenvalue weighted by molar-refractivity contribution is 5.78. The first-order valence-electron chi connectivity index (χ1n) is 6.90. The van der Waals surface area contributed by atoms with Gasteiger partial charge in [0.25, 0.3) is 5.91 Å². The first-order chi connectivity index (χ1) is 10.2. The van der Waals surface area contributed by atoms with Crippen LogP contribution in [0.3, 0.4) is 0 Å². The van der Waals surface area contributed by atoms with Crippen LogP contribution in [-0.2, 0) is 14.3 Å². The molecule has 1 aromatic rings. The van der Waals surface area contributed by atoms with Crippen molar-refractivity contribution in [1.29, 1.82) is 0 Å². The molecule has 1 amide bonds. The monoisotopic (exact) mass is 295 g/mol. The third-order valence-corrected chi connectivity index (χ3v) is 3.38. The average Bonchev–Trinajstić information content (AvgIpc) is 2.53. The normalized spacial score (nSPS) is 21.6. The van der Waals surface area contributed by atoms with Gasteiger partial charge in [0.2, 0.25) is 0 Å². The lowest BCUT2D eigenvalue weighted by atomic mass is 10.1. The molecular formula is C15H21NO5. The smallest absolute Gasteiger partial charge is 0.258 e. The standard InChI is InChI=1S/C15H21NO5/c1-18-12-5-3-4-6-13(12)21-10-15(17)16-11-7-8-20-9-14(11)19-2/h3-6,11,14H,7-10H2,1-2H3,(H,16,17)/t11-,14-/m1/s1. The maximum absolute atomic E-state index is 12.0.